The molecule has 0 bridgehead atoms. The summed E-state index contributed by atoms with van der Waals surface area (Å²) in [6.45, 7) is 6.03. The fraction of sp³-hybridized carbons (Fsp3) is 0.455. The van der Waals surface area contributed by atoms with Gasteiger partial charge in [0.05, 0.1) is 18.2 Å². The van der Waals surface area contributed by atoms with Crippen LogP contribution < -0.4 is 10.2 Å². The number of aryl methyl sites for hydroxylation is 1. The van der Waals surface area contributed by atoms with E-state index in [1.807, 2.05) is 42.5 Å². The highest BCUT2D eigenvalue weighted by atomic mass is 32.1. The predicted octanol–water partition coefficient (Wildman–Crippen LogP) is 3.19. The van der Waals surface area contributed by atoms with Crippen LogP contribution in [0.1, 0.15) is 29.7 Å². The molecular formula is C22H27N3O2S. The molecule has 0 radical (unpaired) electrons. The summed E-state index contributed by atoms with van der Waals surface area (Å²) in [6, 6.07) is 11.5. The number of amides is 2. The Hall–Kier alpha value is -2.02. The first-order valence-corrected chi connectivity index (χ1v) is 10.9. The lowest BCUT2D eigenvalue weighted by molar-refractivity contribution is -0.121. The SMILES string of the molecule is Cc1ccc(N2C(=O)C[C@@H](NCC3CCN(Cc4cccs4)CC3)C2=O)cc1. The van der Waals surface area contributed by atoms with E-state index in [0.717, 1.165) is 44.6 Å². The number of carbonyl (C=O) groups excluding carboxylic acids is 2. The zero-order chi connectivity index (χ0) is 19.5. The third-order valence-corrected chi connectivity index (χ3v) is 6.62. The van der Waals surface area contributed by atoms with Crippen LogP contribution in [0, 0.1) is 12.8 Å². The second kappa shape index (κ2) is 8.55. The second-order valence-electron chi connectivity index (χ2n) is 7.87. The van der Waals surface area contributed by atoms with Crippen molar-refractivity contribution >= 4 is 28.8 Å². The molecule has 2 aromatic rings. The number of piperidine rings is 1. The number of carbonyl (C=O) groups is 2. The van der Waals surface area contributed by atoms with Crippen LogP contribution >= 0.6 is 11.3 Å². The monoisotopic (exact) mass is 397 g/mol. The summed E-state index contributed by atoms with van der Waals surface area (Å²) in [7, 11) is 0. The molecule has 2 saturated heterocycles. The highest BCUT2D eigenvalue weighted by molar-refractivity contribution is 7.09. The van der Waals surface area contributed by atoms with Gasteiger partial charge in [-0.2, -0.15) is 0 Å². The van der Waals surface area contributed by atoms with Crippen LogP contribution in [0.3, 0.4) is 0 Å². The molecule has 28 heavy (non-hydrogen) atoms. The average molecular weight is 398 g/mol. The minimum Gasteiger partial charge on any atom is -0.305 e. The minimum atomic E-state index is -0.391. The number of hydrogen-bond acceptors (Lipinski definition) is 5. The third-order valence-electron chi connectivity index (χ3n) is 5.76. The highest BCUT2D eigenvalue weighted by Gasteiger charge is 2.39. The summed E-state index contributed by atoms with van der Waals surface area (Å²) in [5.74, 6) is 0.331. The Morgan fingerprint density at radius 3 is 2.54 bits per heavy atom. The van der Waals surface area contributed by atoms with E-state index in [4.69, 9.17) is 0 Å². The summed E-state index contributed by atoms with van der Waals surface area (Å²) >= 11 is 1.82. The van der Waals surface area contributed by atoms with Crippen molar-refractivity contribution in [2.24, 2.45) is 5.92 Å². The van der Waals surface area contributed by atoms with Gasteiger partial charge in [-0.25, -0.2) is 4.90 Å². The second-order valence-corrected chi connectivity index (χ2v) is 8.90. The van der Waals surface area contributed by atoms with Crippen LogP contribution in [0.15, 0.2) is 41.8 Å². The summed E-state index contributed by atoms with van der Waals surface area (Å²) in [5, 5.41) is 5.51. The van der Waals surface area contributed by atoms with Crippen molar-refractivity contribution in [2.45, 2.75) is 38.8 Å². The Balaban J connectivity index is 1.26. The van der Waals surface area contributed by atoms with Crippen LogP contribution in [-0.2, 0) is 16.1 Å². The first-order chi connectivity index (χ1) is 13.6. The molecule has 2 aliphatic heterocycles. The molecule has 3 heterocycles. The quantitative estimate of drug-likeness (QED) is 0.761. The highest BCUT2D eigenvalue weighted by Crippen LogP contribution is 2.24. The smallest absolute Gasteiger partial charge is 0.251 e. The van der Waals surface area contributed by atoms with E-state index in [1.54, 1.807) is 0 Å². The Morgan fingerprint density at radius 2 is 1.86 bits per heavy atom. The van der Waals surface area contributed by atoms with Crippen molar-refractivity contribution in [3.63, 3.8) is 0 Å². The fourth-order valence-corrected chi connectivity index (χ4v) is 4.78. The number of likely N-dealkylation sites (tertiary alicyclic amines) is 1. The summed E-state index contributed by atoms with van der Waals surface area (Å²) in [5.41, 5.74) is 1.79. The number of nitrogens with one attached hydrogen (secondary N) is 1. The van der Waals surface area contributed by atoms with E-state index in [0.29, 0.717) is 11.6 Å². The number of hydrogen-bond donors (Lipinski definition) is 1. The van der Waals surface area contributed by atoms with Gasteiger partial charge in [0, 0.05) is 11.4 Å². The molecule has 1 aromatic heterocycles. The van der Waals surface area contributed by atoms with Gasteiger partial charge >= 0.3 is 0 Å². The lowest BCUT2D eigenvalue weighted by Gasteiger charge is -2.32. The van der Waals surface area contributed by atoms with Crippen LogP contribution in [0.25, 0.3) is 0 Å². The fourth-order valence-electron chi connectivity index (χ4n) is 4.04. The van der Waals surface area contributed by atoms with E-state index in [-0.39, 0.29) is 18.2 Å². The van der Waals surface area contributed by atoms with Gasteiger partial charge in [-0.15, -0.1) is 11.3 Å². The van der Waals surface area contributed by atoms with Gasteiger partial charge < -0.3 is 5.32 Å². The van der Waals surface area contributed by atoms with E-state index in [1.165, 1.54) is 9.78 Å². The Morgan fingerprint density at radius 1 is 1.11 bits per heavy atom. The van der Waals surface area contributed by atoms with Crippen LogP contribution in [0.2, 0.25) is 0 Å². The number of thiophene rings is 1. The molecule has 0 spiro atoms. The Bertz CT molecular complexity index is 811. The van der Waals surface area contributed by atoms with Gasteiger partial charge in [0.15, 0.2) is 0 Å². The number of imide groups is 1. The molecule has 1 atom stereocenters. The largest absolute Gasteiger partial charge is 0.305 e. The summed E-state index contributed by atoms with van der Waals surface area (Å²) in [6.07, 6.45) is 2.52. The third kappa shape index (κ3) is 4.35. The van der Waals surface area contributed by atoms with Crippen molar-refractivity contribution in [3.8, 4) is 0 Å². The maximum atomic E-state index is 12.7. The van der Waals surface area contributed by atoms with E-state index < -0.39 is 6.04 Å². The molecule has 2 aliphatic rings. The molecule has 1 aromatic carbocycles. The maximum absolute atomic E-state index is 12.7. The first-order valence-electron chi connectivity index (χ1n) is 10.0. The van der Waals surface area contributed by atoms with Gasteiger partial charge in [-0.05, 0) is 68.9 Å². The number of anilines is 1. The molecule has 2 fully saturated rings. The molecule has 1 N–H and O–H groups in total. The lowest BCUT2D eigenvalue weighted by atomic mass is 9.96. The van der Waals surface area contributed by atoms with Gasteiger partial charge in [0.25, 0.3) is 5.91 Å². The van der Waals surface area contributed by atoms with Crippen LogP contribution in [0.4, 0.5) is 5.69 Å². The van der Waals surface area contributed by atoms with E-state index in [2.05, 4.69) is 27.7 Å². The number of nitrogens with zero attached hydrogens (tertiary/aromatic N) is 2. The molecule has 6 heteroatoms. The number of rotatable bonds is 6. The van der Waals surface area contributed by atoms with Crippen molar-refractivity contribution in [2.75, 3.05) is 24.5 Å². The number of benzene rings is 1. The Labute approximate surface area is 170 Å². The first kappa shape index (κ1) is 19.3. The maximum Gasteiger partial charge on any atom is 0.251 e. The van der Waals surface area contributed by atoms with Crippen molar-refractivity contribution < 1.29 is 9.59 Å². The topological polar surface area (TPSA) is 52.7 Å². The molecular weight excluding hydrogens is 370 g/mol. The zero-order valence-electron chi connectivity index (χ0n) is 16.3. The summed E-state index contributed by atoms with van der Waals surface area (Å²) in [4.78, 5) is 30.4. The summed E-state index contributed by atoms with van der Waals surface area (Å²) < 4.78 is 0. The Kier molecular flexibility index (Phi) is 5.90. The molecule has 5 nitrogen and oxygen atoms in total. The van der Waals surface area contributed by atoms with E-state index >= 15 is 0 Å². The zero-order valence-corrected chi connectivity index (χ0v) is 17.1. The minimum absolute atomic E-state index is 0.114. The molecule has 0 unspecified atom stereocenters. The van der Waals surface area contributed by atoms with Gasteiger partial charge in [-0.3, -0.25) is 14.5 Å². The molecule has 2 amide bonds. The standard InChI is InChI=1S/C22H27N3O2S/c1-16-4-6-18(7-5-16)25-21(26)13-20(22(25)27)23-14-17-8-10-24(11-9-17)15-19-3-2-12-28-19/h2-7,12,17,20,23H,8-11,13-15H2,1H3/t20-/m1/s1. The van der Waals surface area contributed by atoms with Gasteiger partial charge in [0.1, 0.15) is 0 Å². The van der Waals surface area contributed by atoms with Crippen LogP contribution in [-0.4, -0.2) is 42.4 Å². The van der Waals surface area contributed by atoms with Gasteiger partial charge in [0.2, 0.25) is 5.91 Å². The van der Waals surface area contributed by atoms with Crippen molar-refractivity contribution in [1.29, 1.82) is 0 Å². The van der Waals surface area contributed by atoms with Crippen molar-refractivity contribution in [1.82, 2.24) is 10.2 Å². The van der Waals surface area contributed by atoms with Crippen molar-refractivity contribution in [3.05, 3.63) is 52.2 Å². The average Bonchev–Trinajstić information content (AvgIpc) is 3.30. The molecule has 4 rings (SSSR count). The van der Waals surface area contributed by atoms with Crippen LogP contribution in [0.5, 0.6) is 0 Å². The van der Waals surface area contributed by atoms with Gasteiger partial charge in [-0.1, -0.05) is 23.8 Å². The predicted molar refractivity (Wildman–Crippen MR) is 112 cm³/mol. The normalized spacial score (nSPS) is 21.6. The molecule has 148 valence electrons. The molecule has 0 saturated carbocycles. The molecule has 0 aliphatic carbocycles. The lowest BCUT2D eigenvalue weighted by Crippen LogP contribution is -2.43. The van der Waals surface area contributed by atoms with E-state index in [9.17, 15) is 9.59 Å².